The normalized spacial score (nSPS) is 11.7. The Morgan fingerprint density at radius 3 is 1.83 bits per heavy atom. The van der Waals surface area contributed by atoms with Crippen LogP contribution in [0.3, 0.4) is 0 Å². The maximum absolute atomic E-state index is 11.9. The summed E-state index contributed by atoms with van der Waals surface area (Å²) < 4.78 is 5.08. The van der Waals surface area contributed by atoms with E-state index in [-0.39, 0.29) is 11.6 Å². The van der Waals surface area contributed by atoms with Gasteiger partial charge in [-0.05, 0) is 36.4 Å². The molecule has 0 spiro atoms. The van der Waals surface area contributed by atoms with Crippen molar-refractivity contribution in [2.24, 2.45) is 4.99 Å². The van der Waals surface area contributed by atoms with Crippen LogP contribution in [0.25, 0.3) is 0 Å². The Kier molecular flexibility index (Phi) is 15.9. The number of unbranched alkanes of at least 4 members (excludes halogenated alkanes) is 14. The van der Waals surface area contributed by atoms with Crippen molar-refractivity contribution in [2.45, 2.75) is 116 Å². The van der Waals surface area contributed by atoms with Crippen molar-refractivity contribution in [3.63, 3.8) is 0 Å². The lowest BCUT2D eigenvalue weighted by Gasteiger charge is -2.11. The number of aromatic hydroxyl groups is 1. The number of aliphatic imine (C=N–C) groups is 1. The zero-order valence-corrected chi connectivity index (χ0v) is 19.5. The predicted molar refractivity (Wildman–Crippen MR) is 125 cm³/mol. The Bertz CT molecular complexity index is 571. The van der Waals surface area contributed by atoms with E-state index in [1.54, 1.807) is 18.2 Å². The van der Waals surface area contributed by atoms with Gasteiger partial charge in [0.15, 0.2) is 11.5 Å². The van der Waals surface area contributed by atoms with Gasteiger partial charge in [0.05, 0.1) is 13.7 Å². The molecule has 30 heavy (non-hydrogen) atoms. The quantitative estimate of drug-likeness (QED) is 0.151. The second-order valence-corrected chi connectivity index (χ2v) is 8.42. The Labute approximate surface area is 184 Å². The number of phenols is 1. The molecule has 0 aliphatic rings. The van der Waals surface area contributed by atoms with Crippen LogP contribution in [-0.4, -0.2) is 18.1 Å². The van der Waals surface area contributed by atoms with Gasteiger partial charge in [0.1, 0.15) is 0 Å². The van der Waals surface area contributed by atoms with Gasteiger partial charge >= 0.3 is 0 Å². The van der Waals surface area contributed by atoms with Crippen molar-refractivity contribution < 1.29 is 14.9 Å². The fraction of sp³-hybridized carbons (Fsp3) is 0.731. The number of ether oxygens (including phenoxy) is 1. The SMILES string of the molecule is CCCCCCCCCCCCCCCCCC([O-])=NCc1ccc(O)c(OC)c1. The molecule has 0 bridgehead atoms. The van der Waals surface area contributed by atoms with E-state index in [0.29, 0.717) is 18.7 Å². The maximum atomic E-state index is 11.9. The molecule has 0 aliphatic heterocycles. The van der Waals surface area contributed by atoms with Crippen LogP contribution in [0.2, 0.25) is 0 Å². The van der Waals surface area contributed by atoms with Gasteiger partial charge < -0.3 is 19.9 Å². The van der Waals surface area contributed by atoms with E-state index in [2.05, 4.69) is 11.9 Å². The van der Waals surface area contributed by atoms with E-state index >= 15 is 0 Å². The summed E-state index contributed by atoms with van der Waals surface area (Å²) in [6.45, 7) is 2.61. The largest absolute Gasteiger partial charge is 0.862 e. The van der Waals surface area contributed by atoms with Crippen molar-refractivity contribution in [3.05, 3.63) is 23.8 Å². The number of nitrogens with zero attached hydrogens (tertiary/aromatic N) is 1. The smallest absolute Gasteiger partial charge is 0.160 e. The highest BCUT2D eigenvalue weighted by atomic mass is 16.5. The molecule has 1 aromatic carbocycles. The molecule has 0 fully saturated rings. The van der Waals surface area contributed by atoms with Gasteiger partial charge in [-0.2, -0.15) is 0 Å². The van der Waals surface area contributed by atoms with Crippen LogP contribution in [0.15, 0.2) is 23.2 Å². The number of phenolic OH excluding ortho intramolecular Hbond substituents is 1. The Balaban J connectivity index is 1.93. The highest BCUT2D eigenvalue weighted by molar-refractivity contribution is 5.71. The van der Waals surface area contributed by atoms with E-state index in [0.717, 1.165) is 18.4 Å². The third-order valence-electron chi connectivity index (χ3n) is 5.68. The first kappa shape index (κ1) is 26.3. The molecule has 0 atom stereocenters. The van der Waals surface area contributed by atoms with Crippen molar-refractivity contribution in [1.29, 1.82) is 0 Å². The molecule has 0 heterocycles. The zero-order valence-electron chi connectivity index (χ0n) is 19.5. The van der Waals surface area contributed by atoms with Crippen LogP contribution in [0.5, 0.6) is 11.5 Å². The molecule has 0 amide bonds. The highest BCUT2D eigenvalue weighted by Gasteiger charge is 2.01. The summed E-state index contributed by atoms with van der Waals surface area (Å²) in [4.78, 5) is 4.13. The molecule has 0 unspecified atom stereocenters. The number of hydrogen-bond acceptors (Lipinski definition) is 4. The van der Waals surface area contributed by atoms with Gasteiger partial charge in [-0.3, -0.25) is 0 Å². The zero-order chi connectivity index (χ0) is 21.9. The second kappa shape index (κ2) is 18.1. The lowest BCUT2D eigenvalue weighted by Crippen LogP contribution is -2.17. The van der Waals surface area contributed by atoms with Crippen molar-refractivity contribution >= 4 is 5.90 Å². The van der Waals surface area contributed by atoms with Crippen LogP contribution in [0.1, 0.15) is 115 Å². The van der Waals surface area contributed by atoms with E-state index in [1.807, 2.05) is 0 Å². The fourth-order valence-electron chi connectivity index (χ4n) is 3.73. The van der Waals surface area contributed by atoms with Gasteiger partial charge in [0, 0.05) is 0 Å². The Morgan fingerprint density at radius 2 is 1.33 bits per heavy atom. The van der Waals surface area contributed by atoms with Gasteiger partial charge in [-0.25, -0.2) is 0 Å². The third kappa shape index (κ3) is 13.5. The molecule has 4 nitrogen and oxygen atoms in total. The topological polar surface area (TPSA) is 64.9 Å². The fourth-order valence-corrected chi connectivity index (χ4v) is 3.73. The van der Waals surface area contributed by atoms with Gasteiger partial charge in [0.25, 0.3) is 0 Å². The molecule has 0 aromatic heterocycles. The molecule has 1 N–H and O–H groups in total. The van der Waals surface area contributed by atoms with Gasteiger partial charge in [-0.15, -0.1) is 0 Å². The summed E-state index contributed by atoms with van der Waals surface area (Å²) in [5.74, 6) is 0.486. The average molecular weight is 419 g/mol. The molecule has 172 valence electrons. The lowest BCUT2D eigenvalue weighted by atomic mass is 10.0. The third-order valence-corrected chi connectivity index (χ3v) is 5.68. The first-order valence-corrected chi connectivity index (χ1v) is 12.2. The van der Waals surface area contributed by atoms with E-state index in [9.17, 15) is 10.2 Å². The molecular weight excluding hydrogens is 374 g/mol. The summed E-state index contributed by atoms with van der Waals surface area (Å²) in [5.41, 5.74) is 0.870. The van der Waals surface area contributed by atoms with Crippen molar-refractivity contribution in [1.82, 2.24) is 0 Å². The highest BCUT2D eigenvalue weighted by Crippen LogP contribution is 2.26. The van der Waals surface area contributed by atoms with Crippen LogP contribution in [0.4, 0.5) is 0 Å². The van der Waals surface area contributed by atoms with Gasteiger partial charge in [-0.1, -0.05) is 103 Å². The maximum Gasteiger partial charge on any atom is 0.160 e. The van der Waals surface area contributed by atoms with Crippen LogP contribution in [-0.2, 0) is 6.54 Å². The van der Waals surface area contributed by atoms with Crippen LogP contribution < -0.4 is 9.84 Å². The van der Waals surface area contributed by atoms with E-state index < -0.39 is 0 Å². The Hall–Kier alpha value is -1.71. The minimum Gasteiger partial charge on any atom is -0.862 e. The van der Waals surface area contributed by atoms with Crippen LogP contribution in [0, 0.1) is 0 Å². The molecule has 0 aliphatic carbocycles. The Morgan fingerprint density at radius 1 is 0.833 bits per heavy atom. The predicted octanol–water partition coefficient (Wildman–Crippen LogP) is 6.92. The number of benzene rings is 1. The second-order valence-electron chi connectivity index (χ2n) is 8.42. The number of methoxy groups -OCH3 is 1. The average Bonchev–Trinajstić information content (AvgIpc) is 2.75. The summed E-state index contributed by atoms with van der Waals surface area (Å²) >= 11 is 0. The molecule has 1 aromatic rings. The summed E-state index contributed by atoms with van der Waals surface area (Å²) in [6.07, 6.45) is 20.4. The van der Waals surface area contributed by atoms with Crippen molar-refractivity contribution in [3.8, 4) is 11.5 Å². The molecule has 0 saturated heterocycles. The minimum absolute atomic E-state index is 0.0308. The molecule has 1 rings (SSSR count). The number of rotatable bonds is 19. The van der Waals surface area contributed by atoms with E-state index in [1.165, 1.54) is 90.6 Å². The minimum atomic E-state index is -0.0308. The lowest BCUT2D eigenvalue weighted by molar-refractivity contribution is -0.219. The monoisotopic (exact) mass is 418 g/mol. The molecule has 0 radical (unpaired) electrons. The summed E-state index contributed by atoms with van der Waals surface area (Å²) in [6, 6.07) is 5.06. The van der Waals surface area contributed by atoms with Crippen LogP contribution >= 0.6 is 0 Å². The first-order valence-electron chi connectivity index (χ1n) is 12.2. The molecule has 0 saturated carbocycles. The van der Waals surface area contributed by atoms with Crippen molar-refractivity contribution in [2.75, 3.05) is 7.11 Å². The first-order chi connectivity index (χ1) is 14.7. The van der Waals surface area contributed by atoms with E-state index in [4.69, 9.17) is 4.74 Å². The number of hydrogen-bond donors (Lipinski definition) is 1. The molecular formula is C26H44NO3-. The molecule has 4 heteroatoms. The summed E-state index contributed by atoms with van der Waals surface area (Å²) in [7, 11) is 1.51. The standard InChI is InChI=1S/C26H45NO3/c1-3-4-5-6-7-8-9-10-11-12-13-14-15-16-17-18-26(29)27-22-23-19-20-24(28)25(21-23)30-2/h19-21,28H,3-18,22H2,1-2H3,(H,27,29)/p-1. The summed E-state index contributed by atoms with van der Waals surface area (Å²) in [5, 5.41) is 21.5. The van der Waals surface area contributed by atoms with Gasteiger partial charge in [0.2, 0.25) is 0 Å².